The Labute approximate surface area is 141 Å². The molecule has 3 rings (SSSR count). The first-order chi connectivity index (χ1) is 11.1. The summed E-state index contributed by atoms with van der Waals surface area (Å²) in [6, 6.07) is 13.6. The van der Waals surface area contributed by atoms with Crippen LogP contribution in [0.3, 0.4) is 0 Å². The number of thioether (sulfide) groups is 1. The number of hydrogen-bond donors (Lipinski definition) is 1. The molecule has 0 aliphatic rings. The van der Waals surface area contributed by atoms with Crippen LogP contribution in [-0.2, 0) is 4.79 Å². The molecule has 6 heteroatoms. The number of anilines is 1. The lowest BCUT2D eigenvalue weighted by atomic mass is 10.2. The van der Waals surface area contributed by atoms with E-state index in [2.05, 4.69) is 10.3 Å². The summed E-state index contributed by atoms with van der Waals surface area (Å²) in [6.45, 7) is 0. The molecule has 1 amide bonds. The SMILES string of the molecule is O=C(CSc1cccc2cccnc12)Nc1ccc(F)cc1Cl. The fourth-order valence-electron chi connectivity index (χ4n) is 2.11. The standard InChI is InChI=1S/C17H12ClFN2OS/c18-13-9-12(19)6-7-14(13)21-16(22)10-23-15-5-1-3-11-4-2-8-20-17(11)15/h1-9H,10H2,(H,21,22). The lowest BCUT2D eigenvalue weighted by Crippen LogP contribution is -2.14. The van der Waals surface area contributed by atoms with Gasteiger partial charge in [0.25, 0.3) is 0 Å². The number of fused-ring (bicyclic) bond motifs is 1. The molecule has 0 bridgehead atoms. The van der Waals surface area contributed by atoms with Gasteiger partial charge in [-0.2, -0.15) is 0 Å². The van der Waals surface area contributed by atoms with Crippen molar-refractivity contribution in [3.05, 3.63) is 65.6 Å². The van der Waals surface area contributed by atoms with Crippen molar-refractivity contribution in [1.29, 1.82) is 0 Å². The molecule has 3 aromatic rings. The number of hydrogen-bond acceptors (Lipinski definition) is 3. The Morgan fingerprint density at radius 1 is 1.22 bits per heavy atom. The Morgan fingerprint density at radius 2 is 2.04 bits per heavy atom. The summed E-state index contributed by atoms with van der Waals surface area (Å²) < 4.78 is 13.0. The quantitative estimate of drug-likeness (QED) is 0.693. The summed E-state index contributed by atoms with van der Waals surface area (Å²) in [5, 5.41) is 3.88. The minimum Gasteiger partial charge on any atom is -0.324 e. The van der Waals surface area contributed by atoms with E-state index in [1.165, 1.54) is 30.0 Å². The Kier molecular flexibility index (Phi) is 4.79. The first kappa shape index (κ1) is 15.8. The van der Waals surface area contributed by atoms with Crippen molar-refractivity contribution in [2.75, 3.05) is 11.1 Å². The molecule has 0 saturated heterocycles. The predicted molar refractivity (Wildman–Crippen MR) is 92.5 cm³/mol. The van der Waals surface area contributed by atoms with Gasteiger partial charge in [-0.1, -0.05) is 29.8 Å². The van der Waals surface area contributed by atoms with Crippen LogP contribution in [0.5, 0.6) is 0 Å². The van der Waals surface area contributed by atoms with E-state index in [0.29, 0.717) is 5.69 Å². The Bertz CT molecular complexity index is 867. The third-order valence-corrected chi connectivity index (χ3v) is 4.52. The van der Waals surface area contributed by atoms with Crippen LogP contribution in [0, 0.1) is 5.82 Å². The monoisotopic (exact) mass is 346 g/mol. The van der Waals surface area contributed by atoms with Crippen molar-refractivity contribution >= 4 is 45.9 Å². The highest BCUT2D eigenvalue weighted by atomic mass is 35.5. The summed E-state index contributed by atoms with van der Waals surface area (Å²) in [5.41, 5.74) is 1.27. The maximum absolute atomic E-state index is 13.0. The lowest BCUT2D eigenvalue weighted by molar-refractivity contribution is -0.113. The van der Waals surface area contributed by atoms with Crippen molar-refractivity contribution in [3.8, 4) is 0 Å². The minimum atomic E-state index is -0.441. The van der Waals surface area contributed by atoms with Gasteiger partial charge in [0.1, 0.15) is 5.82 Å². The Balaban J connectivity index is 1.69. The zero-order valence-electron chi connectivity index (χ0n) is 11.9. The first-order valence-corrected chi connectivity index (χ1v) is 8.21. The Morgan fingerprint density at radius 3 is 2.87 bits per heavy atom. The van der Waals surface area contributed by atoms with E-state index in [9.17, 15) is 9.18 Å². The topological polar surface area (TPSA) is 42.0 Å². The molecule has 0 unspecified atom stereocenters. The number of aromatic nitrogens is 1. The summed E-state index contributed by atoms with van der Waals surface area (Å²) >= 11 is 7.29. The zero-order valence-corrected chi connectivity index (χ0v) is 13.5. The molecular weight excluding hydrogens is 335 g/mol. The summed E-state index contributed by atoms with van der Waals surface area (Å²) in [7, 11) is 0. The average Bonchev–Trinajstić information content (AvgIpc) is 2.55. The number of nitrogens with one attached hydrogen (secondary N) is 1. The molecule has 0 spiro atoms. The number of halogens is 2. The van der Waals surface area contributed by atoms with Crippen molar-refractivity contribution in [2.24, 2.45) is 0 Å². The molecule has 0 atom stereocenters. The van der Waals surface area contributed by atoms with Crippen LogP contribution in [0.2, 0.25) is 5.02 Å². The molecule has 2 aromatic carbocycles. The van der Waals surface area contributed by atoms with Crippen LogP contribution in [0.25, 0.3) is 10.9 Å². The number of pyridine rings is 1. The predicted octanol–water partition coefficient (Wildman–Crippen LogP) is 4.76. The number of rotatable bonds is 4. The molecule has 0 radical (unpaired) electrons. The fraction of sp³-hybridized carbons (Fsp3) is 0.0588. The van der Waals surface area contributed by atoms with Crippen LogP contribution in [0.1, 0.15) is 0 Å². The van der Waals surface area contributed by atoms with Crippen molar-refractivity contribution in [2.45, 2.75) is 4.90 Å². The summed E-state index contributed by atoms with van der Waals surface area (Å²) in [6.07, 6.45) is 1.73. The minimum absolute atomic E-state index is 0.176. The molecule has 1 N–H and O–H groups in total. The maximum atomic E-state index is 13.0. The van der Waals surface area contributed by atoms with E-state index in [1.807, 2.05) is 30.3 Å². The molecule has 0 aliphatic heterocycles. The molecule has 1 aromatic heterocycles. The maximum Gasteiger partial charge on any atom is 0.234 e. The third-order valence-electron chi connectivity index (χ3n) is 3.16. The number of nitrogens with zero attached hydrogens (tertiary/aromatic N) is 1. The normalized spacial score (nSPS) is 10.7. The summed E-state index contributed by atoms with van der Waals surface area (Å²) in [5.74, 6) is -0.440. The molecule has 116 valence electrons. The van der Waals surface area contributed by atoms with Crippen molar-refractivity contribution < 1.29 is 9.18 Å². The molecule has 3 nitrogen and oxygen atoms in total. The van der Waals surface area contributed by atoms with Crippen LogP contribution in [0.15, 0.2) is 59.6 Å². The van der Waals surface area contributed by atoms with E-state index in [1.54, 1.807) is 6.20 Å². The van der Waals surface area contributed by atoms with E-state index < -0.39 is 5.82 Å². The van der Waals surface area contributed by atoms with E-state index in [4.69, 9.17) is 11.6 Å². The van der Waals surface area contributed by atoms with Gasteiger partial charge in [0, 0.05) is 16.5 Å². The van der Waals surface area contributed by atoms with Gasteiger partial charge in [0.15, 0.2) is 0 Å². The second-order valence-corrected chi connectivity index (χ2v) is 6.22. The van der Waals surface area contributed by atoms with Crippen molar-refractivity contribution in [3.63, 3.8) is 0 Å². The van der Waals surface area contributed by atoms with Gasteiger partial charge in [-0.25, -0.2) is 4.39 Å². The molecular formula is C17H12ClFN2OS. The van der Waals surface area contributed by atoms with E-state index in [0.717, 1.165) is 15.8 Å². The number of carbonyl (C=O) groups is 1. The zero-order chi connectivity index (χ0) is 16.2. The van der Waals surface area contributed by atoms with Gasteiger partial charge >= 0.3 is 0 Å². The number of carbonyl (C=O) groups excluding carboxylic acids is 1. The van der Waals surface area contributed by atoms with Crippen LogP contribution in [0.4, 0.5) is 10.1 Å². The number of para-hydroxylation sites is 1. The Hall–Kier alpha value is -2.11. The van der Waals surface area contributed by atoms with E-state index >= 15 is 0 Å². The van der Waals surface area contributed by atoms with Crippen LogP contribution in [-0.4, -0.2) is 16.6 Å². The molecule has 0 aliphatic carbocycles. The van der Waals surface area contributed by atoms with Gasteiger partial charge < -0.3 is 5.32 Å². The van der Waals surface area contributed by atoms with E-state index in [-0.39, 0.29) is 16.7 Å². The average molecular weight is 347 g/mol. The molecule has 0 saturated carbocycles. The lowest BCUT2D eigenvalue weighted by Gasteiger charge is -2.08. The highest BCUT2D eigenvalue weighted by molar-refractivity contribution is 8.00. The first-order valence-electron chi connectivity index (χ1n) is 6.85. The largest absolute Gasteiger partial charge is 0.324 e. The van der Waals surface area contributed by atoms with Crippen LogP contribution < -0.4 is 5.32 Å². The molecule has 23 heavy (non-hydrogen) atoms. The third kappa shape index (κ3) is 3.81. The van der Waals surface area contributed by atoms with Crippen molar-refractivity contribution in [1.82, 2.24) is 4.98 Å². The highest BCUT2D eigenvalue weighted by Gasteiger charge is 2.09. The smallest absolute Gasteiger partial charge is 0.234 e. The fourth-order valence-corrected chi connectivity index (χ4v) is 3.17. The van der Waals surface area contributed by atoms with Crippen LogP contribution >= 0.6 is 23.4 Å². The number of amides is 1. The van der Waals surface area contributed by atoms with Gasteiger partial charge in [-0.3, -0.25) is 9.78 Å². The van der Waals surface area contributed by atoms with Gasteiger partial charge in [0.05, 0.1) is 22.0 Å². The highest BCUT2D eigenvalue weighted by Crippen LogP contribution is 2.27. The molecule has 0 fully saturated rings. The van der Waals surface area contributed by atoms with Gasteiger partial charge in [0.2, 0.25) is 5.91 Å². The second kappa shape index (κ2) is 6.98. The van der Waals surface area contributed by atoms with Gasteiger partial charge in [-0.05, 0) is 30.3 Å². The second-order valence-electron chi connectivity index (χ2n) is 4.79. The molecule has 1 heterocycles. The summed E-state index contributed by atoms with van der Waals surface area (Å²) in [4.78, 5) is 17.3. The van der Waals surface area contributed by atoms with Gasteiger partial charge in [-0.15, -0.1) is 11.8 Å². The number of benzene rings is 2.